The number of carbonyl (C=O) groups is 1. The zero-order chi connectivity index (χ0) is 23.4. The summed E-state index contributed by atoms with van der Waals surface area (Å²) in [6, 6.07) is 33.1. The van der Waals surface area contributed by atoms with E-state index in [0.29, 0.717) is 6.42 Å². The third-order valence-corrected chi connectivity index (χ3v) is 16.6. The number of methoxy groups -OCH3 is 1. The van der Waals surface area contributed by atoms with Crippen molar-refractivity contribution in [3.05, 3.63) is 91.0 Å². The van der Waals surface area contributed by atoms with Gasteiger partial charge in [-0.25, -0.2) is 0 Å². The number of unbranched alkanes of at least 4 members (excludes halogenated alkanes) is 6. The Kier molecular flexibility index (Phi) is 9.71. The first-order valence-electron chi connectivity index (χ1n) is 12.1. The predicted octanol–water partition coefficient (Wildman–Crippen LogP) is 7.12. The summed E-state index contributed by atoms with van der Waals surface area (Å²) in [6.45, 7) is 0. The summed E-state index contributed by atoms with van der Waals surface area (Å²) in [7, 11) is 1.46. The van der Waals surface area contributed by atoms with Crippen molar-refractivity contribution in [1.29, 1.82) is 0 Å². The van der Waals surface area contributed by atoms with Crippen LogP contribution in [0.5, 0.6) is 0 Å². The van der Waals surface area contributed by atoms with Crippen LogP contribution in [0.15, 0.2) is 91.0 Å². The monoisotopic (exact) mass is 526 g/mol. The molecule has 2 nitrogen and oxygen atoms in total. The first-order chi connectivity index (χ1) is 16.1. The van der Waals surface area contributed by atoms with Gasteiger partial charge >= 0.3 is 208 Å². The van der Waals surface area contributed by atoms with Gasteiger partial charge in [-0.05, 0) is 0 Å². The van der Waals surface area contributed by atoms with Crippen LogP contribution in [0.3, 0.4) is 0 Å². The Bertz CT molecular complexity index is 877. The Labute approximate surface area is 207 Å². The summed E-state index contributed by atoms with van der Waals surface area (Å²) in [5.74, 6) is -0.0960. The topological polar surface area (TPSA) is 26.3 Å². The van der Waals surface area contributed by atoms with Crippen molar-refractivity contribution in [3.63, 3.8) is 0 Å². The Balaban J connectivity index is 1.75. The Morgan fingerprint density at radius 1 is 0.636 bits per heavy atom. The van der Waals surface area contributed by atoms with Gasteiger partial charge in [0.15, 0.2) is 0 Å². The van der Waals surface area contributed by atoms with Gasteiger partial charge in [0.25, 0.3) is 0 Å². The number of hydrogen-bond donors (Lipinski definition) is 0. The zero-order valence-corrected chi connectivity index (χ0v) is 22.1. The SMILES string of the molecule is COC(=O)CCCCCCCCCP(Br)(c1ccccc1)(c1ccccc1)c1ccccc1. The predicted molar refractivity (Wildman–Crippen MR) is 148 cm³/mol. The number of esters is 1. The van der Waals surface area contributed by atoms with E-state index in [9.17, 15) is 4.79 Å². The van der Waals surface area contributed by atoms with Gasteiger partial charge in [0.1, 0.15) is 0 Å². The van der Waals surface area contributed by atoms with E-state index in [0.717, 1.165) is 19.0 Å². The van der Waals surface area contributed by atoms with Crippen molar-refractivity contribution < 1.29 is 9.53 Å². The van der Waals surface area contributed by atoms with Crippen molar-refractivity contribution in [2.45, 2.75) is 51.4 Å². The molecule has 3 aromatic carbocycles. The fourth-order valence-electron chi connectivity index (χ4n) is 4.71. The van der Waals surface area contributed by atoms with Gasteiger partial charge in [-0.3, -0.25) is 0 Å². The fraction of sp³-hybridized carbons (Fsp3) is 0.345. The standard InChI is InChI=1S/C29H36BrO2P/c1-32-29(31)24-16-5-3-2-4-6-17-25-33(30,26-18-10-7-11-19-26,27-20-12-8-13-21-27)28-22-14-9-15-23-28/h7-15,18-23H,2-6,16-17,24-25H2,1H3. The minimum atomic E-state index is -2.77. The molecule has 0 saturated carbocycles. The van der Waals surface area contributed by atoms with Crippen LogP contribution < -0.4 is 15.9 Å². The molecule has 0 heterocycles. The maximum atomic E-state index is 11.2. The van der Waals surface area contributed by atoms with Crippen LogP contribution in [0.1, 0.15) is 51.4 Å². The zero-order valence-electron chi connectivity index (χ0n) is 19.7. The van der Waals surface area contributed by atoms with Crippen molar-refractivity contribution in [1.82, 2.24) is 0 Å². The Morgan fingerprint density at radius 3 is 1.39 bits per heavy atom. The van der Waals surface area contributed by atoms with Crippen molar-refractivity contribution in [2.24, 2.45) is 0 Å². The van der Waals surface area contributed by atoms with Gasteiger partial charge in [-0.15, -0.1) is 0 Å². The van der Waals surface area contributed by atoms with Crippen LogP contribution in [-0.2, 0) is 9.53 Å². The summed E-state index contributed by atoms with van der Waals surface area (Å²) in [5, 5.41) is 1.40. The van der Waals surface area contributed by atoms with E-state index in [1.807, 2.05) is 0 Å². The van der Waals surface area contributed by atoms with E-state index in [1.165, 1.54) is 55.1 Å². The summed E-state index contributed by atoms with van der Waals surface area (Å²) in [5.41, 5.74) is 0. The second-order valence-corrected chi connectivity index (χ2v) is 17.8. The third-order valence-electron chi connectivity index (χ3n) is 6.57. The molecule has 0 fully saturated rings. The number of ether oxygens (including phenoxy) is 1. The molecule has 0 radical (unpaired) electrons. The second kappa shape index (κ2) is 12.5. The van der Waals surface area contributed by atoms with Crippen LogP contribution >= 0.6 is 20.8 Å². The molecule has 0 amide bonds. The molecule has 0 atom stereocenters. The minimum absolute atomic E-state index is 0.0960. The summed E-state index contributed by atoms with van der Waals surface area (Å²) >= 11 is 4.53. The second-order valence-electron chi connectivity index (χ2n) is 8.71. The van der Waals surface area contributed by atoms with E-state index in [-0.39, 0.29) is 5.97 Å². The van der Waals surface area contributed by atoms with Gasteiger partial charge in [-0.2, -0.15) is 0 Å². The van der Waals surface area contributed by atoms with Crippen LogP contribution in [0.2, 0.25) is 0 Å². The fourth-order valence-corrected chi connectivity index (χ4v) is 12.5. The summed E-state index contributed by atoms with van der Waals surface area (Å²) in [4.78, 5) is 11.2. The van der Waals surface area contributed by atoms with Crippen molar-refractivity contribution >= 4 is 42.7 Å². The molecule has 3 aromatic rings. The molecule has 0 aromatic heterocycles. The molecule has 0 saturated heterocycles. The molecule has 4 heteroatoms. The molecular weight excluding hydrogens is 491 g/mol. The van der Waals surface area contributed by atoms with Crippen molar-refractivity contribution in [2.75, 3.05) is 13.3 Å². The van der Waals surface area contributed by atoms with Crippen LogP contribution in [-0.4, -0.2) is 19.2 Å². The molecular formula is C29H36BrO2P. The third kappa shape index (κ3) is 6.14. The van der Waals surface area contributed by atoms with Gasteiger partial charge in [0.05, 0.1) is 0 Å². The molecule has 3 rings (SSSR count). The first-order valence-corrected chi connectivity index (χ1v) is 16.5. The Hall–Kier alpha value is -1.96. The van der Waals surface area contributed by atoms with E-state index < -0.39 is 5.31 Å². The average molecular weight is 527 g/mol. The molecule has 176 valence electrons. The van der Waals surface area contributed by atoms with Crippen LogP contribution in [0.4, 0.5) is 0 Å². The van der Waals surface area contributed by atoms with Gasteiger partial charge < -0.3 is 0 Å². The van der Waals surface area contributed by atoms with Crippen LogP contribution in [0.25, 0.3) is 0 Å². The molecule has 0 unspecified atom stereocenters. The number of halogens is 1. The van der Waals surface area contributed by atoms with Gasteiger partial charge in [0, 0.05) is 0 Å². The van der Waals surface area contributed by atoms with Gasteiger partial charge in [-0.1, -0.05) is 0 Å². The number of carbonyl (C=O) groups excluding carboxylic acids is 1. The number of hydrogen-bond acceptors (Lipinski definition) is 2. The van der Waals surface area contributed by atoms with E-state index >= 15 is 0 Å². The van der Waals surface area contributed by atoms with E-state index in [1.54, 1.807) is 0 Å². The molecule has 0 N–H and O–H groups in total. The molecule has 0 aliphatic rings. The molecule has 0 spiro atoms. The normalized spacial score (nSPS) is 12.6. The molecule has 33 heavy (non-hydrogen) atoms. The summed E-state index contributed by atoms with van der Waals surface area (Å²) in [6.07, 6.45) is 9.71. The quantitative estimate of drug-likeness (QED) is 0.134. The first kappa shape index (κ1) is 25.7. The number of rotatable bonds is 13. The molecule has 0 aliphatic heterocycles. The van der Waals surface area contributed by atoms with Gasteiger partial charge in [0.2, 0.25) is 0 Å². The van der Waals surface area contributed by atoms with E-state index in [2.05, 4.69) is 106 Å². The molecule has 0 bridgehead atoms. The number of benzene rings is 3. The summed E-state index contributed by atoms with van der Waals surface area (Å²) < 4.78 is 4.72. The maximum absolute atomic E-state index is 11.2. The van der Waals surface area contributed by atoms with E-state index in [4.69, 9.17) is 4.74 Å². The van der Waals surface area contributed by atoms with Crippen LogP contribution in [0, 0.1) is 0 Å². The average Bonchev–Trinajstić information content (AvgIpc) is 2.89. The molecule has 0 aliphatic carbocycles. The van der Waals surface area contributed by atoms with Crippen molar-refractivity contribution in [3.8, 4) is 0 Å². The Morgan fingerprint density at radius 2 is 1.00 bits per heavy atom.